The zero-order valence-corrected chi connectivity index (χ0v) is 17.3. The van der Waals surface area contributed by atoms with Gasteiger partial charge in [-0.2, -0.15) is 10.2 Å². The molecule has 0 spiro atoms. The summed E-state index contributed by atoms with van der Waals surface area (Å²) < 4.78 is 3.35. The van der Waals surface area contributed by atoms with E-state index in [-0.39, 0.29) is 12.6 Å². The van der Waals surface area contributed by atoms with Gasteiger partial charge in [-0.05, 0) is 18.2 Å². The lowest BCUT2D eigenvalue weighted by Crippen LogP contribution is -2.28. The van der Waals surface area contributed by atoms with Crippen LogP contribution in [-0.2, 0) is 19.8 Å². The van der Waals surface area contributed by atoms with Crippen molar-refractivity contribution in [2.24, 2.45) is 0 Å². The van der Waals surface area contributed by atoms with Gasteiger partial charge in [0.25, 0.3) is 5.91 Å². The topological polar surface area (TPSA) is 99.6 Å². The Bertz CT molecular complexity index is 1150. The lowest BCUT2D eigenvalue weighted by Gasteiger charge is -2.17. The summed E-state index contributed by atoms with van der Waals surface area (Å²) in [7, 11) is 1.70. The van der Waals surface area contributed by atoms with E-state index in [4.69, 9.17) is 11.6 Å². The molecule has 3 aromatic heterocycles. The largest absolute Gasteiger partial charge is 0.334 e. The van der Waals surface area contributed by atoms with Crippen LogP contribution in [0.4, 0.5) is 0 Å². The Morgan fingerprint density at radius 1 is 1.17 bits per heavy atom. The monoisotopic (exact) mass is 425 g/mol. The summed E-state index contributed by atoms with van der Waals surface area (Å²) >= 11 is 6.20. The van der Waals surface area contributed by atoms with Crippen LogP contribution in [-0.4, -0.2) is 57.6 Å². The first-order valence-electron chi connectivity index (χ1n) is 9.37. The lowest BCUT2D eigenvalue weighted by atomic mass is 10.2. The van der Waals surface area contributed by atoms with Crippen molar-refractivity contribution in [2.45, 2.75) is 26.7 Å². The van der Waals surface area contributed by atoms with Gasteiger partial charge in [0.2, 0.25) is 5.82 Å². The van der Waals surface area contributed by atoms with Crippen LogP contribution < -0.4 is 0 Å². The average molecular weight is 426 g/mol. The van der Waals surface area contributed by atoms with E-state index >= 15 is 0 Å². The molecule has 0 saturated heterocycles. The Kier molecular flexibility index (Phi) is 5.57. The highest BCUT2D eigenvalue weighted by atomic mass is 35.5. The minimum atomic E-state index is -0.217. The van der Waals surface area contributed by atoms with Gasteiger partial charge in [-0.25, -0.2) is 4.68 Å². The number of tetrazole rings is 1. The zero-order chi connectivity index (χ0) is 21.1. The van der Waals surface area contributed by atoms with Crippen LogP contribution in [0.25, 0.3) is 11.4 Å². The molecule has 30 heavy (non-hydrogen) atoms. The number of halogens is 1. The number of carbonyl (C=O) groups excluding carboxylic acids is 1. The predicted octanol–water partition coefficient (Wildman–Crippen LogP) is 2.18. The molecule has 0 unspecified atom stereocenters. The van der Waals surface area contributed by atoms with E-state index in [2.05, 4.69) is 25.6 Å². The maximum Gasteiger partial charge on any atom is 0.274 e. The molecular weight excluding hydrogens is 406 g/mol. The molecule has 0 saturated carbocycles. The molecule has 10 nitrogen and oxygen atoms in total. The van der Waals surface area contributed by atoms with Crippen LogP contribution in [0.1, 0.15) is 23.1 Å². The molecule has 0 aliphatic heterocycles. The van der Waals surface area contributed by atoms with Gasteiger partial charge in [-0.1, -0.05) is 41.9 Å². The Morgan fingerprint density at radius 3 is 2.73 bits per heavy atom. The van der Waals surface area contributed by atoms with Gasteiger partial charge < -0.3 is 4.90 Å². The van der Waals surface area contributed by atoms with E-state index in [9.17, 15) is 4.79 Å². The summed E-state index contributed by atoms with van der Waals surface area (Å²) in [6.07, 6.45) is 3.29. The third-order valence-corrected chi connectivity index (χ3v) is 4.86. The smallest absolute Gasteiger partial charge is 0.274 e. The predicted molar refractivity (Wildman–Crippen MR) is 110 cm³/mol. The number of carbonyl (C=O) groups is 1. The van der Waals surface area contributed by atoms with Crippen molar-refractivity contribution in [3.63, 3.8) is 0 Å². The zero-order valence-electron chi connectivity index (χ0n) is 16.6. The molecule has 0 bridgehead atoms. The van der Waals surface area contributed by atoms with Crippen LogP contribution in [0, 0.1) is 0 Å². The third kappa shape index (κ3) is 4.08. The fourth-order valence-electron chi connectivity index (χ4n) is 3.00. The number of aromatic nitrogens is 8. The quantitative estimate of drug-likeness (QED) is 0.450. The van der Waals surface area contributed by atoms with Gasteiger partial charge >= 0.3 is 0 Å². The van der Waals surface area contributed by atoms with Gasteiger partial charge in [-0.15, -0.1) is 15.0 Å². The molecule has 154 valence electrons. The van der Waals surface area contributed by atoms with E-state index in [1.165, 1.54) is 4.80 Å². The maximum absolute atomic E-state index is 12.8. The summed E-state index contributed by atoms with van der Waals surface area (Å²) in [6.45, 7) is 3.22. The first kappa shape index (κ1) is 19.8. The molecule has 1 amide bonds. The van der Waals surface area contributed by atoms with E-state index < -0.39 is 0 Å². The van der Waals surface area contributed by atoms with E-state index in [0.29, 0.717) is 29.6 Å². The molecule has 0 radical (unpaired) electrons. The Balaban J connectivity index is 1.43. The number of nitrogens with zero attached hydrogens (tertiary/aromatic N) is 9. The lowest BCUT2D eigenvalue weighted by molar-refractivity contribution is 0.0774. The van der Waals surface area contributed by atoms with Crippen molar-refractivity contribution in [2.75, 3.05) is 7.05 Å². The van der Waals surface area contributed by atoms with Gasteiger partial charge in [0.15, 0.2) is 6.67 Å². The first-order valence-corrected chi connectivity index (χ1v) is 9.75. The molecule has 0 N–H and O–H groups in total. The van der Waals surface area contributed by atoms with E-state index in [1.807, 2.05) is 37.3 Å². The highest BCUT2D eigenvalue weighted by Gasteiger charge is 2.19. The number of hydrogen-bond donors (Lipinski definition) is 0. The fourth-order valence-corrected chi connectivity index (χ4v) is 3.20. The van der Waals surface area contributed by atoms with Crippen molar-refractivity contribution in [1.82, 2.24) is 44.7 Å². The van der Waals surface area contributed by atoms with Crippen molar-refractivity contribution < 1.29 is 4.79 Å². The second kappa shape index (κ2) is 8.46. The molecule has 4 aromatic rings. The van der Waals surface area contributed by atoms with Crippen LogP contribution >= 0.6 is 11.6 Å². The van der Waals surface area contributed by atoms with E-state index in [0.717, 1.165) is 11.3 Å². The van der Waals surface area contributed by atoms with Crippen LogP contribution in [0.3, 0.4) is 0 Å². The number of benzene rings is 1. The molecule has 0 aliphatic rings. The SMILES string of the molecule is CCn1ncc(Cl)c1CN(C)C(=O)c1ccn(Cn2nnc(-c3ccccc3)n2)n1. The molecule has 4 rings (SSSR count). The molecule has 1 aromatic carbocycles. The minimum Gasteiger partial charge on any atom is -0.334 e. The molecule has 0 atom stereocenters. The van der Waals surface area contributed by atoms with Crippen molar-refractivity contribution in [3.8, 4) is 11.4 Å². The second-order valence-corrected chi connectivity index (χ2v) is 7.06. The number of aryl methyl sites for hydroxylation is 1. The van der Waals surface area contributed by atoms with Gasteiger partial charge in [0.05, 0.1) is 23.5 Å². The van der Waals surface area contributed by atoms with Crippen LogP contribution in [0.2, 0.25) is 5.02 Å². The number of amides is 1. The van der Waals surface area contributed by atoms with Crippen molar-refractivity contribution >= 4 is 17.5 Å². The average Bonchev–Trinajstić information content (AvgIpc) is 3.50. The first-order chi connectivity index (χ1) is 14.5. The van der Waals surface area contributed by atoms with Gasteiger partial charge in [-0.3, -0.25) is 9.48 Å². The minimum absolute atomic E-state index is 0.217. The third-order valence-electron chi connectivity index (χ3n) is 4.55. The summed E-state index contributed by atoms with van der Waals surface area (Å²) in [4.78, 5) is 15.7. The van der Waals surface area contributed by atoms with Crippen molar-refractivity contribution in [1.29, 1.82) is 0 Å². The Labute approximate surface area is 177 Å². The number of rotatable bonds is 7. The van der Waals surface area contributed by atoms with Gasteiger partial charge in [0, 0.05) is 25.4 Å². The van der Waals surface area contributed by atoms with Crippen LogP contribution in [0.5, 0.6) is 0 Å². The molecular formula is C19H20ClN9O. The highest BCUT2D eigenvalue weighted by Crippen LogP contribution is 2.17. The van der Waals surface area contributed by atoms with E-state index in [1.54, 1.807) is 39.8 Å². The van der Waals surface area contributed by atoms with Crippen LogP contribution in [0.15, 0.2) is 48.8 Å². The van der Waals surface area contributed by atoms with Crippen molar-refractivity contribution in [3.05, 3.63) is 65.2 Å². The summed E-state index contributed by atoms with van der Waals surface area (Å²) in [6, 6.07) is 11.2. The summed E-state index contributed by atoms with van der Waals surface area (Å²) in [5, 5.41) is 21.6. The molecule has 0 aliphatic carbocycles. The second-order valence-electron chi connectivity index (χ2n) is 6.65. The summed E-state index contributed by atoms with van der Waals surface area (Å²) in [5.41, 5.74) is 1.99. The Hall–Kier alpha value is -3.53. The fraction of sp³-hybridized carbons (Fsp3) is 0.263. The maximum atomic E-state index is 12.8. The summed E-state index contributed by atoms with van der Waals surface area (Å²) in [5.74, 6) is 0.313. The number of hydrogen-bond acceptors (Lipinski definition) is 6. The normalized spacial score (nSPS) is 11.0. The standard InChI is InChI=1S/C19H20ClN9O/c1-3-28-17(15(20)11-21-28)12-26(2)19(30)16-9-10-27(23-16)13-29-24-18(22-25-29)14-7-5-4-6-8-14/h4-11H,3,12-13H2,1-2H3. The van der Waals surface area contributed by atoms with Gasteiger partial charge in [0.1, 0.15) is 5.69 Å². The molecule has 11 heteroatoms. The molecule has 0 fully saturated rings. The highest BCUT2D eigenvalue weighted by molar-refractivity contribution is 6.31. The molecule has 3 heterocycles. The Morgan fingerprint density at radius 2 is 1.97 bits per heavy atom.